The van der Waals surface area contributed by atoms with E-state index < -0.39 is 0 Å². The van der Waals surface area contributed by atoms with Crippen LogP contribution in [0.5, 0.6) is 0 Å². The van der Waals surface area contributed by atoms with Gasteiger partial charge in [0, 0.05) is 0 Å². The quantitative estimate of drug-likeness (QED) is 0.565. The van der Waals surface area contributed by atoms with Crippen LogP contribution < -0.4 is 0 Å². The Morgan fingerprint density at radius 3 is 2.11 bits per heavy atom. The first-order valence-corrected chi connectivity index (χ1v) is 7.38. The largest absolute Gasteiger partial charge is 0.0839 e. The molecule has 0 fully saturated rings. The zero-order valence-corrected chi connectivity index (χ0v) is 12.3. The van der Waals surface area contributed by atoms with E-state index >= 15 is 0 Å². The molecular formula is C18H26. The van der Waals surface area contributed by atoms with Crippen molar-refractivity contribution in [3.8, 4) is 0 Å². The van der Waals surface area contributed by atoms with Gasteiger partial charge < -0.3 is 0 Å². The molecule has 0 heteroatoms. The second-order valence-corrected chi connectivity index (χ2v) is 4.19. The van der Waals surface area contributed by atoms with Gasteiger partial charge >= 0.3 is 0 Å². The van der Waals surface area contributed by atoms with E-state index in [1.165, 1.54) is 24.8 Å². The first kappa shape index (κ1) is 14.8. The summed E-state index contributed by atoms with van der Waals surface area (Å²) in [5.41, 5.74) is 6.32. The fraction of sp³-hybridized carbons (Fsp3) is 0.444. The van der Waals surface area contributed by atoms with Crippen molar-refractivity contribution in [3.05, 3.63) is 58.7 Å². The molecule has 98 valence electrons. The molecule has 0 spiro atoms. The van der Waals surface area contributed by atoms with Crippen molar-refractivity contribution in [2.75, 3.05) is 0 Å². The first-order valence-electron chi connectivity index (χ1n) is 7.38. The minimum atomic E-state index is 1.15. The summed E-state index contributed by atoms with van der Waals surface area (Å²) in [6, 6.07) is 8.85. The van der Waals surface area contributed by atoms with Crippen LogP contribution in [-0.2, 0) is 12.8 Å². The highest BCUT2D eigenvalue weighted by molar-refractivity contribution is 5.45. The lowest BCUT2D eigenvalue weighted by molar-refractivity contribution is 0.844. The van der Waals surface area contributed by atoms with E-state index in [0.29, 0.717) is 0 Å². The van der Waals surface area contributed by atoms with E-state index in [4.69, 9.17) is 0 Å². The van der Waals surface area contributed by atoms with Gasteiger partial charge in [0.05, 0.1) is 0 Å². The summed E-state index contributed by atoms with van der Waals surface area (Å²) < 4.78 is 0. The Labute approximate surface area is 112 Å². The molecule has 0 saturated heterocycles. The average Bonchev–Trinajstić information content (AvgIpc) is 2.49. The predicted molar refractivity (Wildman–Crippen MR) is 81.9 cm³/mol. The summed E-state index contributed by atoms with van der Waals surface area (Å²) >= 11 is 0. The van der Waals surface area contributed by atoms with Crippen LogP contribution in [0.1, 0.15) is 51.7 Å². The minimum absolute atomic E-state index is 1.15. The van der Waals surface area contributed by atoms with Gasteiger partial charge in [0.1, 0.15) is 0 Å². The molecule has 1 aromatic carbocycles. The molecule has 2 aliphatic carbocycles. The zero-order chi connectivity index (χ0) is 13.4. The molecule has 18 heavy (non-hydrogen) atoms. The fourth-order valence-corrected chi connectivity index (χ4v) is 2.48. The molecule has 0 aromatic heterocycles. The van der Waals surface area contributed by atoms with Crippen LogP contribution in [0, 0.1) is 0 Å². The van der Waals surface area contributed by atoms with Crippen molar-refractivity contribution in [1.29, 1.82) is 0 Å². The lowest BCUT2D eigenvalue weighted by Gasteiger charge is -2.23. The smallest absolute Gasteiger partial charge is 0.00234 e. The minimum Gasteiger partial charge on any atom is -0.0839 e. The van der Waals surface area contributed by atoms with Gasteiger partial charge in [-0.1, -0.05) is 69.7 Å². The van der Waals surface area contributed by atoms with E-state index in [9.17, 15) is 0 Å². The summed E-state index contributed by atoms with van der Waals surface area (Å²) in [5, 5.41) is 0. The lowest BCUT2D eigenvalue weighted by atomic mass is 9.82. The molecule has 0 aliphatic heterocycles. The molecule has 0 heterocycles. The Bertz CT molecular complexity index is 421. The summed E-state index contributed by atoms with van der Waals surface area (Å²) in [7, 11) is 0. The number of benzene rings is 1. The number of rotatable bonds is 0. The van der Waals surface area contributed by atoms with E-state index in [1.807, 2.05) is 27.7 Å². The third kappa shape index (κ3) is 3.35. The molecule has 0 unspecified atom stereocenters. The first-order chi connectivity index (χ1) is 8.93. The highest BCUT2D eigenvalue weighted by Gasteiger charge is 2.16. The SMILES string of the molecule is C1=CC2=C(CC1)Cc1ccccc1C2.CC.CC. The lowest BCUT2D eigenvalue weighted by Crippen LogP contribution is -2.09. The second kappa shape index (κ2) is 7.92. The molecule has 3 rings (SSSR count). The molecule has 0 radical (unpaired) electrons. The Morgan fingerprint density at radius 1 is 0.833 bits per heavy atom. The number of hydrogen-bond acceptors (Lipinski definition) is 0. The van der Waals surface area contributed by atoms with E-state index in [2.05, 4.69) is 36.4 Å². The van der Waals surface area contributed by atoms with Crippen molar-refractivity contribution in [2.45, 2.75) is 53.4 Å². The predicted octanol–water partition coefficient (Wildman–Crippen LogP) is 5.48. The average molecular weight is 242 g/mol. The summed E-state index contributed by atoms with van der Waals surface area (Å²) in [5.74, 6) is 0. The second-order valence-electron chi connectivity index (χ2n) is 4.19. The van der Waals surface area contributed by atoms with Crippen molar-refractivity contribution in [1.82, 2.24) is 0 Å². The Morgan fingerprint density at radius 2 is 1.44 bits per heavy atom. The standard InChI is InChI=1S/C14H14.2C2H6/c1-2-6-12-10-14-8-4-3-7-13(14)9-11(12)5-1;2*1-2/h1-3,5-7H,4,8-10H2;2*1-2H3. The molecule has 2 aliphatic rings. The van der Waals surface area contributed by atoms with Gasteiger partial charge in [-0.3, -0.25) is 0 Å². The van der Waals surface area contributed by atoms with E-state index in [1.54, 1.807) is 16.7 Å². The van der Waals surface area contributed by atoms with Gasteiger partial charge in [0.15, 0.2) is 0 Å². The highest BCUT2D eigenvalue weighted by Crippen LogP contribution is 2.31. The highest BCUT2D eigenvalue weighted by atomic mass is 14.2. The zero-order valence-electron chi connectivity index (χ0n) is 12.3. The molecule has 0 saturated carbocycles. The Hall–Kier alpha value is -1.30. The Kier molecular flexibility index (Phi) is 6.49. The van der Waals surface area contributed by atoms with Gasteiger partial charge in [-0.2, -0.15) is 0 Å². The number of allylic oxidation sites excluding steroid dienone is 4. The topological polar surface area (TPSA) is 0 Å². The monoisotopic (exact) mass is 242 g/mol. The van der Waals surface area contributed by atoms with Gasteiger partial charge in [-0.15, -0.1) is 0 Å². The number of fused-ring (bicyclic) bond motifs is 1. The van der Waals surface area contributed by atoms with Crippen molar-refractivity contribution in [3.63, 3.8) is 0 Å². The van der Waals surface area contributed by atoms with Gasteiger partial charge in [-0.05, 0) is 42.4 Å². The molecule has 1 aromatic rings. The van der Waals surface area contributed by atoms with Crippen molar-refractivity contribution in [2.24, 2.45) is 0 Å². The van der Waals surface area contributed by atoms with E-state index in [0.717, 1.165) is 6.42 Å². The maximum atomic E-state index is 2.33. The summed E-state index contributed by atoms with van der Waals surface area (Å²) in [4.78, 5) is 0. The molecule has 0 atom stereocenters. The van der Waals surface area contributed by atoms with E-state index in [-0.39, 0.29) is 0 Å². The molecular weight excluding hydrogens is 216 g/mol. The van der Waals surface area contributed by atoms with Crippen LogP contribution in [0.4, 0.5) is 0 Å². The van der Waals surface area contributed by atoms with Crippen LogP contribution in [0.3, 0.4) is 0 Å². The van der Waals surface area contributed by atoms with Gasteiger partial charge in [0.2, 0.25) is 0 Å². The Balaban J connectivity index is 0.000000371. The fourth-order valence-electron chi connectivity index (χ4n) is 2.48. The van der Waals surface area contributed by atoms with Crippen LogP contribution in [0.25, 0.3) is 0 Å². The molecule has 0 bridgehead atoms. The maximum absolute atomic E-state index is 2.33. The normalized spacial score (nSPS) is 15.6. The molecule has 0 amide bonds. The van der Waals surface area contributed by atoms with Crippen LogP contribution in [0.15, 0.2) is 47.6 Å². The summed E-state index contributed by atoms with van der Waals surface area (Å²) in [6.07, 6.45) is 9.50. The van der Waals surface area contributed by atoms with Gasteiger partial charge in [-0.25, -0.2) is 0 Å². The van der Waals surface area contributed by atoms with Crippen molar-refractivity contribution >= 4 is 0 Å². The van der Waals surface area contributed by atoms with Crippen molar-refractivity contribution < 1.29 is 0 Å². The molecule has 0 N–H and O–H groups in total. The van der Waals surface area contributed by atoms with Gasteiger partial charge in [0.25, 0.3) is 0 Å². The third-order valence-electron chi connectivity index (χ3n) is 3.29. The summed E-state index contributed by atoms with van der Waals surface area (Å²) in [6.45, 7) is 8.00. The third-order valence-corrected chi connectivity index (χ3v) is 3.29. The van der Waals surface area contributed by atoms with Crippen LogP contribution in [-0.4, -0.2) is 0 Å². The van der Waals surface area contributed by atoms with Crippen LogP contribution in [0.2, 0.25) is 0 Å². The molecule has 0 nitrogen and oxygen atoms in total. The maximum Gasteiger partial charge on any atom is -0.00234 e. The van der Waals surface area contributed by atoms with Crippen LogP contribution >= 0.6 is 0 Å². The number of hydrogen-bond donors (Lipinski definition) is 0.